The predicted octanol–water partition coefficient (Wildman–Crippen LogP) is 5.25. The second kappa shape index (κ2) is 11.1. The lowest BCUT2D eigenvalue weighted by molar-refractivity contribution is -0.135. The summed E-state index contributed by atoms with van der Waals surface area (Å²) in [5.74, 6) is 0.878. The Morgan fingerprint density at radius 2 is 1.76 bits per heavy atom. The lowest BCUT2D eigenvalue weighted by atomic mass is 9.88. The molecule has 33 heavy (non-hydrogen) atoms. The fourth-order valence-electron chi connectivity index (χ4n) is 4.89. The molecule has 1 amide bonds. The van der Waals surface area contributed by atoms with Crippen molar-refractivity contribution in [3.63, 3.8) is 0 Å². The van der Waals surface area contributed by atoms with Gasteiger partial charge in [-0.2, -0.15) is 0 Å². The molecule has 0 N–H and O–H groups in total. The molecule has 1 fully saturated rings. The van der Waals surface area contributed by atoms with Crippen molar-refractivity contribution in [2.75, 3.05) is 45.2 Å². The number of likely N-dealkylation sites (tertiary alicyclic amines) is 1. The summed E-state index contributed by atoms with van der Waals surface area (Å²) >= 11 is 0. The highest BCUT2D eigenvalue weighted by Crippen LogP contribution is 2.35. The van der Waals surface area contributed by atoms with Gasteiger partial charge in [0.15, 0.2) is 0 Å². The van der Waals surface area contributed by atoms with E-state index < -0.39 is 0 Å². The molecule has 0 radical (unpaired) electrons. The minimum absolute atomic E-state index is 0.0240. The summed E-state index contributed by atoms with van der Waals surface area (Å²) in [5.41, 5.74) is 3.50. The smallest absolute Gasteiger partial charge is 0.225 e. The van der Waals surface area contributed by atoms with Crippen LogP contribution in [0.1, 0.15) is 44.7 Å². The molecule has 0 aliphatic carbocycles. The van der Waals surface area contributed by atoms with Gasteiger partial charge in [-0.15, -0.1) is 0 Å². The summed E-state index contributed by atoms with van der Waals surface area (Å²) in [7, 11) is 4.09. The Morgan fingerprint density at radius 1 is 1.06 bits per heavy atom. The first-order chi connectivity index (χ1) is 15.6. The Bertz CT molecular complexity index is 910. The van der Waals surface area contributed by atoms with Crippen LogP contribution in [0.3, 0.4) is 0 Å². The molecular formula is C28H40FN3O. The van der Waals surface area contributed by atoms with Crippen LogP contribution in [0, 0.1) is 23.6 Å². The summed E-state index contributed by atoms with van der Waals surface area (Å²) in [4.78, 5) is 19.6. The Hall–Kier alpha value is -2.40. The molecule has 0 spiro atoms. The summed E-state index contributed by atoms with van der Waals surface area (Å²) in [6, 6.07) is 15.7. The van der Waals surface area contributed by atoms with Crippen LogP contribution in [0.5, 0.6) is 0 Å². The molecule has 180 valence electrons. The van der Waals surface area contributed by atoms with Crippen molar-refractivity contribution >= 4 is 11.6 Å². The zero-order valence-corrected chi connectivity index (χ0v) is 21.1. The van der Waals surface area contributed by atoms with Crippen LogP contribution in [0.15, 0.2) is 48.5 Å². The number of hydrogen-bond acceptors (Lipinski definition) is 3. The highest BCUT2D eigenvalue weighted by molar-refractivity contribution is 5.78. The van der Waals surface area contributed by atoms with Gasteiger partial charge in [0.2, 0.25) is 5.91 Å². The maximum atomic E-state index is 14.1. The topological polar surface area (TPSA) is 26.8 Å². The number of halogens is 1. The first kappa shape index (κ1) is 25.2. The Labute approximate surface area is 199 Å². The van der Waals surface area contributed by atoms with Gasteiger partial charge in [-0.1, -0.05) is 52.0 Å². The van der Waals surface area contributed by atoms with E-state index in [4.69, 9.17) is 0 Å². The first-order valence-electron chi connectivity index (χ1n) is 12.2. The van der Waals surface area contributed by atoms with Crippen LogP contribution in [0.25, 0.3) is 0 Å². The maximum absolute atomic E-state index is 14.1. The van der Waals surface area contributed by atoms with Gasteiger partial charge in [0, 0.05) is 64.3 Å². The lowest BCUT2D eigenvalue weighted by Crippen LogP contribution is -2.41. The van der Waals surface area contributed by atoms with Crippen molar-refractivity contribution in [1.82, 2.24) is 9.80 Å². The molecule has 2 aromatic carbocycles. The second-order valence-corrected chi connectivity index (χ2v) is 10.5. The summed E-state index contributed by atoms with van der Waals surface area (Å²) in [6.07, 6.45) is 0. The number of rotatable bonds is 9. The van der Waals surface area contributed by atoms with Gasteiger partial charge >= 0.3 is 0 Å². The van der Waals surface area contributed by atoms with Crippen LogP contribution in [0.2, 0.25) is 0 Å². The van der Waals surface area contributed by atoms with Gasteiger partial charge in [0.05, 0.1) is 0 Å². The molecule has 0 aromatic heterocycles. The molecule has 2 atom stereocenters. The molecular weight excluding hydrogens is 413 g/mol. The number of carbonyl (C=O) groups is 1. The minimum Gasteiger partial charge on any atom is -0.378 e. The van der Waals surface area contributed by atoms with Crippen LogP contribution < -0.4 is 4.90 Å². The van der Waals surface area contributed by atoms with E-state index in [1.54, 1.807) is 12.1 Å². The van der Waals surface area contributed by atoms with Gasteiger partial charge in [-0.05, 0) is 47.2 Å². The highest BCUT2D eigenvalue weighted by atomic mass is 19.1. The third kappa shape index (κ3) is 6.80. The minimum atomic E-state index is -0.193. The zero-order chi connectivity index (χ0) is 24.1. The van der Waals surface area contributed by atoms with Crippen LogP contribution in [-0.2, 0) is 11.3 Å². The molecule has 0 saturated carbocycles. The second-order valence-electron chi connectivity index (χ2n) is 10.5. The lowest BCUT2D eigenvalue weighted by Gasteiger charge is -2.31. The number of hydrogen-bond donors (Lipinski definition) is 0. The monoisotopic (exact) mass is 453 g/mol. The predicted molar refractivity (Wildman–Crippen MR) is 135 cm³/mol. The van der Waals surface area contributed by atoms with Crippen molar-refractivity contribution in [2.45, 2.75) is 40.2 Å². The summed E-state index contributed by atoms with van der Waals surface area (Å²) in [5, 5.41) is 0. The molecule has 1 aliphatic rings. The number of anilines is 1. The molecule has 0 bridgehead atoms. The molecule has 2 aromatic rings. The van der Waals surface area contributed by atoms with E-state index in [-0.39, 0.29) is 29.5 Å². The molecule has 0 unspecified atom stereocenters. The van der Waals surface area contributed by atoms with E-state index in [2.05, 4.69) is 47.9 Å². The number of carbonyl (C=O) groups excluding carboxylic acids is 1. The molecule has 4 nitrogen and oxygen atoms in total. The van der Waals surface area contributed by atoms with Gasteiger partial charge in [-0.25, -0.2) is 4.39 Å². The molecule has 1 saturated heterocycles. The zero-order valence-electron chi connectivity index (χ0n) is 21.1. The van der Waals surface area contributed by atoms with Crippen molar-refractivity contribution in [3.05, 3.63) is 65.5 Å². The third-order valence-electron chi connectivity index (χ3n) is 6.50. The van der Waals surface area contributed by atoms with E-state index in [1.165, 1.54) is 17.3 Å². The van der Waals surface area contributed by atoms with E-state index in [9.17, 15) is 9.18 Å². The fourth-order valence-corrected chi connectivity index (χ4v) is 4.89. The van der Waals surface area contributed by atoms with Crippen molar-refractivity contribution in [2.24, 2.45) is 17.8 Å². The Balaban J connectivity index is 1.81. The van der Waals surface area contributed by atoms with Gasteiger partial charge in [-0.3, -0.25) is 9.69 Å². The third-order valence-corrected chi connectivity index (χ3v) is 6.50. The number of benzene rings is 2. The van der Waals surface area contributed by atoms with Crippen molar-refractivity contribution in [1.29, 1.82) is 0 Å². The largest absolute Gasteiger partial charge is 0.378 e. The van der Waals surface area contributed by atoms with Crippen molar-refractivity contribution in [3.8, 4) is 0 Å². The fraction of sp³-hybridized carbons (Fsp3) is 0.536. The summed E-state index contributed by atoms with van der Waals surface area (Å²) < 4.78 is 14.1. The van der Waals surface area contributed by atoms with E-state index in [0.29, 0.717) is 12.5 Å². The summed E-state index contributed by atoms with van der Waals surface area (Å²) in [6.45, 7) is 12.4. The molecule has 1 aliphatic heterocycles. The van der Waals surface area contributed by atoms with Crippen LogP contribution >= 0.6 is 0 Å². The Morgan fingerprint density at radius 3 is 2.33 bits per heavy atom. The van der Waals surface area contributed by atoms with E-state index in [0.717, 1.165) is 31.7 Å². The van der Waals surface area contributed by atoms with Crippen LogP contribution in [-0.4, -0.2) is 56.0 Å². The number of amides is 1. The van der Waals surface area contributed by atoms with Gasteiger partial charge in [0.25, 0.3) is 0 Å². The van der Waals surface area contributed by atoms with Gasteiger partial charge < -0.3 is 9.80 Å². The highest BCUT2D eigenvalue weighted by Gasteiger charge is 2.36. The van der Waals surface area contributed by atoms with E-state index >= 15 is 0 Å². The average Bonchev–Trinajstić information content (AvgIpc) is 3.14. The normalized spacial score (nSPS) is 18.8. The average molecular weight is 454 g/mol. The van der Waals surface area contributed by atoms with E-state index in [1.807, 2.05) is 38.9 Å². The quantitative estimate of drug-likeness (QED) is 0.519. The number of nitrogens with zero attached hydrogens (tertiary/aromatic N) is 3. The van der Waals surface area contributed by atoms with Gasteiger partial charge in [0.1, 0.15) is 5.82 Å². The van der Waals surface area contributed by atoms with Crippen molar-refractivity contribution < 1.29 is 9.18 Å². The molecule has 5 heteroatoms. The molecule has 3 rings (SSSR count). The standard InChI is InChI=1S/C28H40FN3O/c1-20(2)15-32(28(33)21(3)4)18-24-17-31(16-22-10-12-26(13-11-22)30(5)6)19-27(24)23-8-7-9-25(29)14-23/h7-14,20-21,24,27H,15-19H2,1-6H3/t24-,27+/m1/s1. The van der Waals surface area contributed by atoms with Crippen LogP contribution in [0.4, 0.5) is 10.1 Å². The SMILES string of the molecule is CC(C)CN(C[C@H]1CN(Cc2ccc(N(C)C)cc2)C[C@H]1c1cccc(F)c1)C(=O)C(C)C. The maximum Gasteiger partial charge on any atom is 0.225 e. The Kier molecular flexibility index (Phi) is 8.52. The first-order valence-corrected chi connectivity index (χ1v) is 12.2. The molecule has 1 heterocycles.